The molecule has 3 rings (SSSR count). The lowest BCUT2D eigenvalue weighted by Crippen LogP contribution is -2.12. The smallest absolute Gasteiger partial charge is 0.191 e. The van der Waals surface area contributed by atoms with Gasteiger partial charge in [-0.2, -0.15) is 0 Å². The van der Waals surface area contributed by atoms with Crippen molar-refractivity contribution in [1.82, 2.24) is 14.8 Å². The molecule has 1 aromatic heterocycles. The third kappa shape index (κ3) is 4.12. The lowest BCUT2D eigenvalue weighted by atomic mass is 9.89. The lowest BCUT2D eigenvalue weighted by Gasteiger charge is -2.21. The molecule has 4 nitrogen and oxygen atoms in total. The van der Waals surface area contributed by atoms with E-state index in [4.69, 9.17) is 4.74 Å². The Morgan fingerprint density at radius 2 is 1.96 bits per heavy atom. The number of benzene rings is 1. The van der Waals surface area contributed by atoms with Gasteiger partial charge in [-0.05, 0) is 38.3 Å². The monoisotopic (exact) mass is 345 g/mol. The minimum Gasteiger partial charge on any atom is -0.492 e. The summed E-state index contributed by atoms with van der Waals surface area (Å²) in [4.78, 5) is 0. The van der Waals surface area contributed by atoms with Gasteiger partial charge in [-0.15, -0.1) is 10.2 Å². The summed E-state index contributed by atoms with van der Waals surface area (Å²) in [6.07, 6.45) is 6.55. The van der Waals surface area contributed by atoms with Crippen LogP contribution in [0.25, 0.3) is 0 Å². The van der Waals surface area contributed by atoms with Gasteiger partial charge >= 0.3 is 0 Å². The maximum absolute atomic E-state index is 5.88. The van der Waals surface area contributed by atoms with Gasteiger partial charge in [0.2, 0.25) is 0 Å². The molecule has 0 atom stereocenters. The van der Waals surface area contributed by atoms with Crippen molar-refractivity contribution in [1.29, 1.82) is 0 Å². The molecule has 1 heterocycles. The number of hydrogen-bond donors (Lipinski definition) is 0. The second-order valence-corrected chi connectivity index (χ2v) is 7.44. The molecule has 5 heteroatoms. The molecule has 0 bridgehead atoms. The molecule has 0 N–H and O–H groups in total. The first-order chi connectivity index (χ1) is 11.8. The van der Waals surface area contributed by atoms with Crippen LogP contribution < -0.4 is 4.74 Å². The molecule has 1 aliphatic carbocycles. The van der Waals surface area contributed by atoms with Crippen LogP contribution in [-0.4, -0.2) is 27.1 Å². The highest BCUT2D eigenvalue weighted by molar-refractivity contribution is 7.99. The van der Waals surface area contributed by atoms with E-state index in [0.717, 1.165) is 23.2 Å². The molecule has 0 aliphatic heterocycles. The van der Waals surface area contributed by atoms with Gasteiger partial charge in [0, 0.05) is 18.2 Å². The molecule has 1 aliphatic rings. The highest BCUT2D eigenvalue weighted by Crippen LogP contribution is 2.33. The predicted molar refractivity (Wildman–Crippen MR) is 98.9 cm³/mol. The standard InChI is InChI=1S/C19H27N3OS/c1-3-22-18(16-10-5-4-6-11-16)20-21-19(22)24-14-13-23-17-12-8-7-9-15(17)2/h7-9,12,16H,3-6,10-11,13-14H2,1-2H3. The van der Waals surface area contributed by atoms with Crippen molar-refractivity contribution in [2.75, 3.05) is 12.4 Å². The zero-order valence-corrected chi connectivity index (χ0v) is 15.5. The minimum atomic E-state index is 0.601. The lowest BCUT2D eigenvalue weighted by molar-refractivity contribution is 0.341. The zero-order valence-electron chi connectivity index (χ0n) is 14.7. The van der Waals surface area contributed by atoms with Crippen molar-refractivity contribution in [3.05, 3.63) is 35.7 Å². The van der Waals surface area contributed by atoms with Crippen molar-refractivity contribution in [2.45, 2.75) is 63.6 Å². The van der Waals surface area contributed by atoms with Crippen LogP contribution in [-0.2, 0) is 6.54 Å². The normalized spacial score (nSPS) is 15.6. The van der Waals surface area contributed by atoms with Gasteiger partial charge in [-0.3, -0.25) is 0 Å². The third-order valence-electron chi connectivity index (χ3n) is 4.70. The number of para-hydroxylation sites is 1. The number of thioether (sulfide) groups is 1. The molecular formula is C19H27N3OS. The van der Waals surface area contributed by atoms with Crippen LogP contribution in [0.15, 0.2) is 29.4 Å². The van der Waals surface area contributed by atoms with E-state index >= 15 is 0 Å². The summed E-state index contributed by atoms with van der Waals surface area (Å²) in [5.41, 5.74) is 1.18. The summed E-state index contributed by atoms with van der Waals surface area (Å²) in [5, 5.41) is 9.99. The Hall–Kier alpha value is -1.49. The average molecular weight is 346 g/mol. The van der Waals surface area contributed by atoms with E-state index in [1.165, 1.54) is 43.5 Å². The predicted octanol–water partition coefficient (Wildman–Crippen LogP) is 4.83. The molecule has 1 fully saturated rings. The van der Waals surface area contributed by atoms with E-state index in [9.17, 15) is 0 Å². The van der Waals surface area contributed by atoms with Crippen LogP contribution in [0, 0.1) is 6.92 Å². The van der Waals surface area contributed by atoms with Gasteiger partial charge in [-0.1, -0.05) is 49.2 Å². The van der Waals surface area contributed by atoms with Crippen LogP contribution in [0.5, 0.6) is 5.75 Å². The molecule has 1 saturated carbocycles. The Bertz CT molecular complexity index is 650. The van der Waals surface area contributed by atoms with Crippen molar-refractivity contribution in [3.63, 3.8) is 0 Å². The fourth-order valence-corrected chi connectivity index (χ4v) is 4.20. The summed E-state index contributed by atoms with van der Waals surface area (Å²) >= 11 is 1.75. The van der Waals surface area contributed by atoms with Crippen molar-refractivity contribution < 1.29 is 4.74 Å². The van der Waals surface area contributed by atoms with Crippen LogP contribution in [0.4, 0.5) is 0 Å². The maximum Gasteiger partial charge on any atom is 0.191 e. The number of aromatic nitrogens is 3. The zero-order chi connectivity index (χ0) is 16.8. The highest BCUT2D eigenvalue weighted by Gasteiger charge is 2.22. The van der Waals surface area contributed by atoms with Gasteiger partial charge in [0.1, 0.15) is 11.6 Å². The van der Waals surface area contributed by atoms with Gasteiger partial charge in [0.25, 0.3) is 0 Å². The Balaban J connectivity index is 1.55. The van der Waals surface area contributed by atoms with Crippen molar-refractivity contribution in [3.8, 4) is 5.75 Å². The van der Waals surface area contributed by atoms with Crippen molar-refractivity contribution >= 4 is 11.8 Å². The Kier molecular flexibility index (Phi) is 6.18. The average Bonchev–Trinajstić information content (AvgIpc) is 3.04. The summed E-state index contributed by atoms with van der Waals surface area (Å²) < 4.78 is 8.18. The highest BCUT2D eigenvalue weighted by atomic mass is 32.2. The van der Waals surface area contributed by atoms with Gasteiger partial charge in [-0.25, -0.2) is 0 Å². The molecule has 0 radical (unpaired) electrons. The van der Waals surface area contributed by atoms with Gasteiger partial charge in [0.05, 0.1) is 6.61 Å². The molecule has 1 aromatic carbocycles. The van der Waals surface area contributed by atoms with Crippen LogP contribution in [0.1, 0.15) is 56.3 Å². The number of aryl methyl sites for hydroxylation is 1. The number of nitrogens with zero attached hydrogens (tertiary/aromatic N) is 3. The van der Waals surface area contributed by atoms with E-state index in [2.05, 4.69) is 34.7 Å². The SMILES string of the molecule is CCn1c(SCCOc2ccccc2C)nnc1C1CCCCC1. The van der Waals surface area contributed by atoms with Crippen molar-refractivity contribution in [2.24, 2.45) is 0 Å². The van der Waals surface area contributed by atoms with E-state index < -0.39 is 0 Å². The first kappa shape index (κ1) is 17.3. The second kappa shape index (κ2) is 8.56. The molecule has 0 spiro atoms. The Morgan fingerprint density at radius 1 is 1.17 bits per heavy atom. The molecule has 130 valence electrons. The first-order valence-corrected chi connectivity index (χ1v) is 10.0. The largest absolute Gasteiger partial charge is 0.492 e. The van der Waals surface area contributed by atoms with E-state index in [-0.39, 0.29) is 0 Å². The summed E-state index contributed by atoms with van der Waals surface area (Å²) in [5.74, 6) is 3.65. The van der Waals surface area contributed by atoms with Crippen LogP contribution in [0.2, 0.25) is 0 Å². The number of ether oxygens (including phenoxy) is 1. The Labute approximate surface area is 149 Å². The quantitative estimate of drug-likeness (QED) is 0.532. The van der Waals surface area contributed by atoms with Gasteiger partial charge < -0.3 is 9.30 Å². The Morgan fingerprint density at radius 3 is 2.71 bits per heavy atom. The van der Waals surface area contributed by atoms with E-state index in [1.807, 2.05) is 18.2 Å². The summed E-state index contributed by atoms with van der Waals surface area (Å²) in [6, 6.07) is 8.15. The number of hydrogen-bond acceptors (Lipinski definition) is 4. The molecule has 24 heavy (non-hydrogen) atoms. The third-order valence-corrected chi connectivity index (χ3v) is 5.63. The first-order valence-electron chi connectivity index (χ1n) is 9.04. The topological polar surface area (TPSA) is 39.9 Å². The molecule has 0 unspecified atom stereocenters. The molecular weight excluding hydrogens is 318 g/mol. The second-order valence-electron chi connectivity index (χ2n) is 6.38. The van der Waals surface area contributed by atoms with Crippen LogP contribution >= 0.6 is 11.8 Å². The fraction of sp³-hybridized carbons (Fsp3) is 0.579. The number of rotatable bonds is 7. The molecule has 2 aromatic rings. The van der Waals surface area contributed by atoms with Crippen LogP contribution in [0.3, 0.4) is 0 Å². The van der Waals surface area contributed by atoms with E-state index in [0.29, 0.717) is 12.5 Å². The fourth-order valence-electron chi connectivity index (χ4n) is 3.37. The summed E-state index contributed by atoms with van der Waals surface area (Å²) in [7, 11) is 0. The maximum atomic E-state index is 5.88. The minimum absolute atomic E-state index is 0.601. The molecule has 0 saturated heterocycles. The van der Waals surface area contributed by atoms with E-state index in [1.54, 1.807) is 11.8 Å². The van der Waals surface area contributed by atoms with Gasteiger partial charge in [0.15, 0.2) is 5.16 Å². The molecule has 0 amide bonds. The summed E-state index contributed by atoms with van der Waals surface area (Å²) in [6.45, 7) is 5.89.